The van der Waals surface area contributed by atoms with Crippen molar-refractivity contribution in [3.63, 3.8) is 0 Å². The van der Waals surface area contributed by atoms with Crippen LogP contribution in [0, 0.1) is 5.92 Å². The van der Waals surface area contributed by atoms with Crippen molar-refractivity contribution in [3.05, 3.63) is 60.2 Å². The number of nitrogens with zero attached hydrogens (tertiary/aromatic N) is 3. The van der Waals surface area contributed by atoms with Gasteiger partial charge in [-0.2, -0.15) is 15.2 Å². The lowest BCUT2D eigenvalue weighted by atomic mass is 10.1. The molecule has 0 bridgehead atoms. The highest BCUT2D eigenvalue weighted by Gasteiger charge is 2.33. The number of benzene rings is 2. The molecule has 2 aromatic carbocycles. The van der Waals surface area contributed by atoms with Crippen molar-refractivity contribution in [1.29, 1.82) is 0 Å². The number of para-hydroxylation sites is 1. The summed E-state index contributed by atoms with van der Waals surface area (Å²) in [5, 5.41) is 12.1. The lowest BCUT2D eigenvalue weighted by Gasteiger charge is -2.12. The van der Waals surface area contributed by atoms with Gasteiger partial charge in [0.15, 0.2) is 0 Å². The molecule has 0 radical (unpaired) electrons. The Morgan fingerprint density at radius 1 is 1.11 bits per heavy atom. The SMILES string of the molecule is CC(=O)Nc1ccc(C(=O)N/N=C/[C@H]2C(=O)N(c3ccccc3)N=C2C)cc1. The summed E-state index contributed by atoms with van der Waals surface area (Å²) in [7, 11) is 0. The standard InChI is InChI=1S/C20H19N5O3/c1-13-18(20(28)25(24-13)17-6-4-3-5-7-17)12-21-23-19(27)15-8-10-16(11-9-15)22-14(2)26/h3-12,18H,1-2H3,(H,22,26)(H,23,27)/b21-12+/t18-/m1/s1. The van der Waals surface area contributed by atoms with Gasteiger partial charge in [0.2, 0.25) is 5.91 Å². The van der Waals surface area contributed by atoms with Gasteiger partial charge in [-0.3, -0.25) is 14.4 Å². The van der Waals surface area contributed by atoms with E-state index in [9.17, 15) is 14.4 Å². The Bertz CT molecular complexity index is 952. The highest BCUT2D eigenvalue weighted by Crippen LogP contribution is 2.22. The zero-order valence-corrected chi connectivity index (χ0v) is 15.4. The number of nitrogens with one attached hydrogen (secondary N) is 2. The largest absolute Gasteiger partial charge is 0.326 e. The third kappa shape index (κ3) is 4.29. The van der Waals surface area contributed by atoms with Gasteiger partial charge in [0.25, 0.3) is 11.8 Å². The van der Waals surface area contributed by atoms with Crippen molar-refractivity contribution >= 4 is 41.0 Å². The van der Waals surface area contributed by atoms with E-state index in [1.165, 1.54) is 18.1 Å². The molecule has 1 aliphatic heterocycles. The van der Waals surface area contributed by atoms with Crippen molar-refractivity contribution in [1.82, 2.24) is 5.43 Å². The van der Waals surface area contributed by atoms with E-state index in [1.54, 1.807) is 43.3 Å². The molecule has 28 heavy (non-hydrogen) atoms. The van der Waals surface area contributed by atoms with Crippen LogP contribution in [0.4, 0.5) is 11.4 Å². The second kappa shape index (κ2) is 8.26. The third-order valence-corrected chi connectivity index (χ3v) is 4.04. The molecule has 1 atom stereocenters. The quantitative estimate of drug-likeness (QED) is 0.618. The molecular weight excluding hydrogens is 358 g/mol. The van der Waals surface area contributed by atoms with Crippen molar-refractivity contribution < 1.29 is 14.4 Å². The monoisotopic (exact) mass is 377 g/mol. The van der Waals surface area contributed by atoms with E-state index in [1.807, 2.05) is 18.2 Å². The van der Waals surface area contributed by atoms with Gasteiger partial charge < -0.3 is 5.32 Å². The van der Waals surface area contributed by atoms with E-state index in [4.69, 9.17) is 0 Å². The normalized spacial score (nSPS) is 16.2. The van der Waals surface area contributed by atoms with E-state index in [0.717, 1.165) is 0 Å². The van der Waals surface area contributed by atoms with Gasteiger partial charge in [0, 0.05) is 24.4 Å². The van der Waals surface area contributed by atoms with Crippen LogP contribution in [0.2, 0.25) is 0 Å². The summed E-state index contributed by atoms with van der Waals surface area (Å²) < 4.78 is 0. The third-order valence-electron chi connectivity index (χ3n) is 4.04. The molecule has 0 aromatic heterocycles. The van der Waals surface area contributed by atoms with Gasteiger partial charge in [-0.1, -0.05) is 18.2 Å². The maximum absolute atomic E-state index is 12.6. The minimum atomic E-state index is -0.636. The van der Waals surface area contributed by atoms with Crippen LogP contribution < -0.4 is 15.8 Å². The fourth-order valence-corrected chi connectivity index (χ4v) is 2.65. The molecule has 2 N–H and O–H groups in total. The lowest BCUT2D eigenvalue weighted by Crippen LogP contribution is -2.29. The van der Waals surface area contributed by atoms with Crippen molar-refractivity contribution in [2.45, 2.75) is 13.8 Å². The van der Waals surface area contributed by atoms with E-state index in [2.05, 4.69) is 20.9 Å². The molecule has 0 saturated heterocycles. The number of anilines is 2. The van der Waals surface area contributed by atoms with Gasteiger partial charge >= 0.3 is 0 Å². The van der Waals surface area contributed by atoms with Gasteiger partial charge in [-0.25, -0.2) is 5.43 Å². The predicted octanol–water partition coefficient (Wildman–Crippen LogP) is 2.40. The molecule has 0 fully saturated rings. The molecule has 0 spiro atoms. The van der Waals surface area contributed by atoms with Crippen LogP contribution in [0.25, 0.3) is 0 Å². The lowest BCUT2D eigenvalue weighted by molar-refractivity contribution is -0.118. The van der Waals surface area contributed by atoms with E-state index >= 15 is 0 Å². The summed E-state index contributed by atoms with van der Waals surface area (Å²) >= 11 is 0. The summed E-state index contributed by atoms with van der Waals surface area (Å²) in [6.07, 6.45) is 1.37. The van der Waals surface area contributed by atoms with Crippen LogP contribution in [0.1, 0.15) is 24.2 Å². The van der Waals surface area contributed by atoms with Crippen LogP contribution >= 0.6 is 0 Å². The highest BCUT2D eigenvalue weighted by molar-refractivity contribution is 6.23. The summed E-state index contributed by atoms with van der Waals surface area (Å²) in [6, 6.07) is 15.5. The van der Waals surface area contributed by atoms with E-state index < -0.39 is 11.8 Å². The second-order valence-corrected chi connectivity index (χ2v) is 6.18. The van der Waals surface area contributed by atoms with Crippen LogP contribution in [0.15, 0.2) is 64.8 Å². The molecule has 0 aliphatic carbocycles. The Balaban J connectivity index is 1.61. The Kier molecular flexibility index (Phi) is 5.59. The molecule has 3 amide bonds. The van der Waals surface area contributed by atoms with Gasteiger partial charge in [-0.15, -0.1) is 0 Å². The Labute approximate surface area is 161 Å². The Morgan fingerprint density at radius 3 is 2.43 bits per heavy atom. The molecule has 142 valence electrons. The average Bonchev–Trinajstić information content (AvgIpc) is 2.97. The molecule has 8 nitrogen and oxygen atoms in total. The minimum absolute atomic E-state index is 0.190. The molecule has 3 rings (SSSR count). The maximum atomic E-state index is 12.6. The van der Waals surface area contributed by atoms with E-state index in [-0.39, 0.29) is 11.8 Å². The van der Waals surface area contributed by atoms with Crippen LogP contribution in [-0.2, 0) is 9.59 Å². The number of rotatable bonds is 5. The van der Waals surface area contributed by atoms with E-state index in [0.29, 0.717) is 22.6 Å². The number of hydrazone groups is 2. The van der Waals surface area contributed by atoms with Crippen molar-refractivity contribution in [2.24, 2.45) is 16.1 Å². The fourth-order valence-electron chi connectivity index (χ4n) is 2.65. The Morgan fingerprint density at radius 2 is 1.79 bits per heavy atom. The van der Waals surface area contributed by atoms with Gasteiger partial charge in [-0.05, 0) is 43.3 Å². The fraction of sp³-hybridized carbons (Fsp3) is 0.150. The number of carbonyl (C=O) groups excluding carboxylic acids is 3. The molecule has 8 heteroatoms. The number of carbonyl (C=O) groups is 3. The zero-order valence-electron chi connectivity index (χ0n) is 15.4. The first-order valence-corrected chi connectivity index (χ1v) is 8.61. The predicted molar refractivity (Wildman–Crippen MR) is 107 cm³/mol. The molecule has 0 saturated carbocycles. The number of amides is 3. The average molecular weight is 377 g/mol. The molecule has 2 aromatic rings. The van der Waals surface area contributed by atoms with Gasteiger partial charge in [0.1, 0.15) is 5.92 Å². The first-order valence-electron chi connectivity index (χ1n) is 8.61. The highest BCUT2D eigenvalue weighted by atomic mass is 16.2. The van der Waals surface area contributed by atoms with Gasteiger partial charge in [0.05, 0.1) is 11.4 Å². The van der Waals surface area contributed by atoms with Crippen molar-refractivity contribution in [3.8, 4) is 0 Å². The maximum Gasteiger partial charge on any atom is 0.271 e. The van der Waals surface area contributed by atoms with Crippen molar-refractivity contribution in [2.75, 3.05) is 10.3 Å². The van der Waals surface area contributed by atoms with Crippen LogP contribution in [0.3, 0.4) is 0 Å². The minimum Gasteiger partial charge on any atom is -0.326 e. The summed E-state index contributed by atoms with van der Waals surface area (Å²) in [6.45, 7) is 3.14. The molecule has 0 unspecified atom stereocenters. The number of hydrogen-bond acceptors (Lipinski definition) is 5. The topological polar surface area (TPSA) is 103 Å². The molecule has 1 heterocycles. The molecular formula is C20H19N5O3. The van der Waals surface area contributed by atoms with Crippen LogP contribution in [-0.4, -0.2) is 29.6 Å². The second-order valence-electron chi connectivity index (χ2n) is 6.18. The summed E-state index contributed by atoms with van der Waals surface area (Å²) in [5.74, 6) is -1.49. The first kappa shape index (κ1) is 19.0. The summed E-state index contributed by atoms with van der Waals surface area (Å²) in [5.41, 5.74) is 4.63. The Hall–Kier alpha value is -3.81. The summed E-state index contributed by atoms with van der Waals surface area (Å²) in [4.78, 5) is 35.7. The molecule has 1 aliphatic rings. The zero-order chi connectivity index (χ0) is 20.1. The number of hydrogen-bond donors (Lipinski definition) is 2. The smallest absolute Gasteiger partial charge is 0.271 e. The van der Waals surface area contributed by atoms with Crippen LogP contribution in [0.5, 0.6) is 0 Å². The first-order chi connectivity index (χ1) is 13.5.